The Balaban J connectivity index is 2.09. The van der Waals surface area contributed by atoms with Gasteiger partial charge in [0.15, 0.2) is 0 Å². The van der Waals surface area contributed by atoms with Gasteiger partial charge in [-0.15, -0.1) is 0 Å². The lowest BCUT2D eigenvalue weighted by Crippen LogP contribution is -2.17. The van der Waals surface area contributed by atoms with E-state index in [9.17, 15) is 4.79 Å². The fraction of sp³-hybridized carbons (Fsp3) is 0.158. The van der Waals surface area contributed by atoms with Crippen molar-refractivity contribution >= 4 is 22.5 Å². The number of hydrogen-bond acceptors (Lipinski definition) is 2. The second kappa shape index (κ2) is 5.98. The van der Waals surface area contributed by atoms with Crippen molar-refractivity contribution in [2.45, 2.75) is 20.3 Å². The minimum atomic E-state index is -0.0983. The van der Waals surface area contributed by atoms with Gasteiger partial charge in [-0.3, -0.25) is 9.78 Å². The van der Waals surface area contributed by atoms with Crippen molar-refractivity contribution < 1.29 is 4.79 Å². The summed E-state index contributed by atoms with van der Waals surface area (Å²) in [6.07, 6.45) is 0.725. The van der Waals surface area contributed by atoms with Gasteiger partial charge >= 0.3 is 0 Å². The van der Waals surface area contributed by atoms with Crippen LogP contribution < -0.4 is 5.32 Å². The highest BCUT2D eigenvalue weighted by atomic mass is 16.1. The zero-order valence-corrected chi connectivity index (χ0v) is 12.8. The first-order valence-electron chi connectivity index (χ1n) is 7.45. The highest BCUT2D eigenvalue weighted by molar-refractivity contribution is 6.08. The van der Waals surface area contributed by atoms with E-state index >= 15 is 0 Å². The Morgan fingerprint density at radius 3 is 2.45 bits per heavy atom. The average molecular weight is 290 g/mol. The minimum absolute atomic E-state index is 0.0983. The lowest BCUT2D eigenvalue weighted by molar-refractivity contribution is 0.102. The topological polar surface area (TPSA) is 42.0 Å². The second-order valence-electron chi connectivity index (χ2n) is 5.25. The number of anilines is 1. The molecule has 1 heterocycles. The molecule has 1 aromatic heterocycles. The predicted octanol–water partition coefficient (Wildman–Crippen LogP) is 4.36. The van der Waals surface area contributed by atoms with Gasteiger partial charge in [-0.2, -0.15) is 0 Å². The number of para-hydroxylation sites is 2. The molecule has 0 spiro atoms. The third kappa shape index (κ3) is 2.58. The van der Waals surface area contributed by atoms with Gasteiger partial charge in [0, 0.05) is 11.1 Å². The van der Waals surface area contributed by atoms with E-state index in [1.165, 1.54) is 0 Å². The van der Waals surface area contributed by atoms with E-state index in [1.807, 2.05) is 68.4 Å². The zero-order valence-electron chi connectivity index (χ0n) is 12.8. The third-order valence-corrected chi connectivity index (χ3v) is 3.82. The van der Waals surface area contributed by atoms with Crippen molar-refractivity contribution in [3.05, 3.63) is 71.4 Å². The van der Waals surface area contributed by atoms with Crippen LogP contribution in [0.2, 0.25) is 0 Å². The molecular formula is C19H18N2O. The molecule has 2 aromatic carbocycles. The van der Waals surface area contributed by atoms with Gasteiger partial charge < -0.3 is 5.32 Å². The van der Waals surface area contributed by atoms with Gasteiger partial charge in [0.05, 0.1) is 16.8 Å². The molecule has 3 aromatic rings. The molecular weight excluding hydrogens is 272 g/mol. The molecule has 0 aliphatic heterocycles. The maximum Gasteiger partial charge on any atom is 0.257 e. The van der Waals surface area contributed by atoms with Crippen molar-refractivity contribution in [2.75, 3.05) is 5.32 Å². The van der Waals surface area contributed by atoms with Crippen LogP contribution in [0, 0.1) is 6.92 Å². The van der Waals surface area contributed by atoms with E-state index in [1.54, 1.807) is 0 Å². The van der Waals surface area contributed by atoms with Crippen molar-refractivity contribution in [3.63, 3.8) is 0 Å². The highest BCUT2D eigenvalue weighted by Gasteiger charge is 2.17. The standard InChI is InChI=1S/C19H18N2O/c1-3-16-18(19(22)20-14-9-5-4-6-10-14)13(2)15-11-7-8-12-17(15)21-16/h4-12H,3H2,1-2H3,(H,20,22). The van der Waals surface area contributed by atoms with Gasteiger partial charge in [0.2, 0.25) is 0 Å². The normalized spacial score (nSPS) is 10.6. The number of hydrogen-bond donors (Lipinski definition) is 1. The van der Waals surface area contributed by atoms with Crippen LogP contribution in [0.15, 0.2) is 54.6 Å². The minimum Gasteiger partial charge on any atom is -0.322 e. The van der Waals surface area contributed by atoms with E-state index in [4.69, 9.17) is 0 Å². The van der Waals surface area contributed by atoms with E-state index in [2.05, 4.69) is 10.3 Å². The van der Waals surface area contributed by atoms with Crippen molar-refractivity contribution in [3.8, 4) is 0 Å². The van der Waals surface area contributed by atoms with Crippen molar-refractivity contribution in [1.82, 2.24) is 4.98 Å². The number of amides is 1. The van der Waals surface area contributed by atoms with Gasteiger partial charge in [0.1, 0.15) is 0 Å². The quantitative estimate of drug-likeness (QED) is 0.778. The first-order valence-corrected chi connectivity index (χ1v) is 7.45. The molecule has 1 N–H and O–H groups in total. The fourth-order valence-electron chi connectivity index (χ4n) is 2.71. The van der Waals surface area contributed by atoms with Crippen molar-refractivity contribution in [1.29, 1.82) is 0 Å². The van der Waals surface area contributed by atoms with Crippen LogP contribution in [0.4, 0.5) is 5.69 Å². The SMILES string of the molecule is CCc1nc2ccccc2c(C)c1C(=O)Nc1ccccc1. The first-order chi connectivity index (χ1) is 10.7. The number of aromatic nitrogens is 1. The summed E-state index contributed by atoms with van der Waals surface area (Å²) in [6, 6.07) is 17.4. The second-order valence-corrected chi connectivity index (χ2v) is 5.25. The smallest absolute Gasteiger partial charge is 0.257 e. The van der Waals surface area contributed by atoms with E-state index in [0.29, 0.717) is 5.56 Å². The molecule has 0 atom stereocenters. The van der Waals surface area contributed by atoms with Crippen LogP contribution >= 0.6 is 0 Å². The molecule has 0 saturated carbocycles. The molecule has 3 heteroatoms. The summed E-state index contributed by atoms with van der Waals surface area (Å²) in [4.78, 5) is 17.4. The monoisotopic (exact) mass is 290 g/mol. The number of fused-ring (bicyclic) bond motifs is 1. The molecule has 0 bridgehead atoms. The third-order valence-electron chi connectivity index (χ3n) is 3.82. The van der Waals surface area contributed by atoms with Crippen molar-refractivity contribution in [2.24, 2.45) is 0 Å². The number of nitrogens with zero attached hydrogens (tertiary/aromatic N) is 1. The summed E-state index contributed by atoms with van der Waals surface area (Å²) in [7, 11) is 0. The number of carbonyl (C=O) groups is 1. The Hall–Kier alpha value is -2.68. The zero-order chi connectivity index (χ0) is 15.5. The number of nitrogens with one attached hydrogen (secondary N) is 1. The molecule has 0 unspecified atom stereocenters. The lowest BCUT2D eigenvalue weighted by Gasteiger charge is -2.14. The molecule has 1 amide bonds. The van der Waals surface area contributed by atoms with Crippen LogP contribution in [-0.4, -0.2) is 10.9 Å². The predicted molar refractivity (Wildman–Crippen MR) is 90.3 cm³/mol. The maximum atomic E-state index is 12.7. The summed E-state index contributed by atoms with van der Waals surface area (Å²) in [5, 5.41) is 3.99. The lowest BCUT2D eigenvalue weighted by atomic mass is 9.99. The van der Waals surface area contributed by atoms with Gasteiger partial charge in [-0.1, -0.05) is 43.3 Å². The van der Waals surface area contributed by atoms with Gasteiger partial charge in [-0.25, -0.2) is 0 Å². The Bertz CT molecular complexity index is 825. The Labute approximate surface area is 130 Å². The largest absolute Gasteiger partial charge is 0.322 e. The maximum absolute atomic E-state index is 12.7. The van der Waals surface area contributed by atoms with Crippen LogP contribution in [-0.2, 0) is 6.42 Å². The van der Waals surface area contributed by atoms with Crippen LogP contribution in [0.1, 0.15) is 28.5 Å². The van der Waals surface area contributed by atoms with E-state index < -0.39 is 0 Å². The summed E-state index contributed by atoms with van der Waals surface area (Å²) in [5.41, 5.74) is 4.24. The summed E-state index contributed by atoms with van der Waals surface area (Å²) in [5.74, 6) is -0.0983. The fourth-order valence-corrected chi connectivity index (χ4v) is 2.71. The van der Waals surface area contributed by atoms with Gasteiger partial charge in [0.25, 0.3) is 5.91 Å². The molecule has 3 nitrogen and oxygen atoms in total. The summed E-state index contributed by atoms with van der Waals surface area (Å²) in [6.45, 7) is 4.01. The van der Waals surface area contributed by atoms with E-state index in [0.717, 1.165) is 34.3 Å². The number of aryl methyl sites for hydroxylation is 2. The highest BCUT2D eigenvalue weighted by Crippen LogP contribution is 2.24. The molecule has 110 valence electrons. The molecule has 22 heavy (non-hydrogen) atoms. The van der Waals surface area contributed by atoms with Gasteiger partial charge in [-0.05, 0) is 37.1 Å². The molecule has 0 aliphatic rings. The molecule has 3 rings (SSSR count). The summed E-state index contributed by atoms with van der Waals surface area (Å²) < 4.78 is 0. The van der Waals surface area contributed by atoms with Crippen LogP contribution in [0.3, 0.4) is 0 Å². The Morgan fingerprint density at radius 1 is 1.05 bits per heavy atom. The van der Waals surface area contributed by atoms with Crippen LogP contribution in [0.25, 0.3) is 10.9 Å². The Morgan fingerprint density at radius 2 is 1.73 bits per heavy atom. The molecule has 0 radical (unpaired) electrons. The molecule has 0 aliphatic carbocycles. The number of pyridine rings is 1. The summed E-state index contributed by atoms with van der Waals surface area (Å²) >= 11 is 0. The first kappa shape index (κ1) is 14.3. The number of rotatable bonds is 3. The number of carbonyl (C=O) groups excluding carboxylic acids is 1. The average Bonchev–Trinajstić information content (AvgIpc) is 2.55. The van der Waals surface area contributed by atoms with Crippen LogP contribution in [0.5, 0.6) is 0 Å². The molecule has 0 saturated heterocycles. The molecule has 0 fully saturated rings. The van der Waals surface area contributed by atoms with E-state index in [-0.39, 0.29) is 5.91 Å². The Kier molecular flexibility index (Phi) is 3.88. The number of benzene rings is 2.